The van der Waals surface area contributed by atoms with Gasteiger partial charge in [-0.15, -0.1) is 45.7 Å². The third-order valence-corrected chi connectivity index (χ3v) is 10.6. The summed E-state index contributed by atoms with van der Waals surface area (Å²) >= 11 is 27.2. The SMILES string of the molecule is CN1CCOCC1.COc1nc(Cl)nc(OC)n1.Cc1nc(C)c(C(=O)Nc2ccc(-c3cc4c(cc3Cl)OC(F)(F)O4)cn2)o1.Cc1nc(C)c(C(=O)O)o1.ClCCl.Nc1ccc(-c2cc3c(cc2Cl)OC(F)(F)O3)cn1. The maximum atomic E-state index is 13.2. The lowest BCUT2D eigenvalue weighted by molar-refractivity contribution is -0.287. The Hall–Kier alpha value is -7.20. The molecule has 1 saturated heterocycles. The molecule has 0 bridgehead atoms. The number of hydrogen-bond acceptors (Lipinski definition) is 20. The number of rotatable bonds is 7. The minimum Gasteiger partial charge on any atom is -0.475 e. The van der Waals surface area contributed by atoms with Gasteiger partial charge in [-0.1, -0.05) is 23.2 Å². The Labute approximate surface area is 465 Å². The molecule has 418 valence electrons. The first-order valence-electron chi connectivity index (χ1n) is 22.0. The van der Waals surface area contributed by atoms with E-state index in [-0.39, 0.29) is 73.0 Å². The summed E-state index contributed by atoms with van der Waals surface area (Å²) in [7, 11) is 4.98. The van der Waals surface area contributed by atoms with Crippen molar-refractivity contribution in [2.45, 2.75) is 40.3 Å². The fraction of sp³-hybridized carbons (Fsp3) is 0.298. The monoisotopic (exact) mass is 1190 g/mol. The Morgan fingerprint density at radius 1 is 0.692 bits per heavy atom. The number of aryl methyl sites for hydroxylation is 4. The highest BCUT2D eigenvalue weighted by Crippen LogP contribution is 2.47. The number of likely N-dealkylation sites (N-methyl/N-ethyl adjacent to an activating group) is 1. The van der Waals surface area contributed by atoms with Crippen LogP contribution in [0.5, 0.6) is 35.0 Å². The average molecular weight is 1200 g/mol. The number of amides is 1. The minimum atomic E-state index is -3.73. The Bertz CT molecular complexity index is 3140. The number of fused-ring (bicyclic) bond motifs is 2. The fourth-order valence-electron chi connectivity index (χ4n) is 6.37. The molecule has 2 aromatic carbocycles. The van der Waals surface area contributed by atoms with E-state index in [0.29, 0.717) is 51.2 Å². The van der Waals surface area contributed by atoms with E-state index in [1.807, 2.05) is 0 Å². The molecule has 4 N–H and O–H groups in total. The number of pyridine rings is 2. The maximum Gasteiger partial charge on any atom is 0.586 e. The van der Waals surface area contributed by atoms with Gasteiger partial charge in [-0.25, -0.2) is 24.7 Å². The number of oxazole rings is 2. The van der Waals surface area contributed by atoms with Crippen LogP contribution in [0.15, 0.2) is 69.8 Å². The number of ether oxygens (including phenoxy) is 7. The van der Waals surface area contributed by atoms with Gasteiger partial charge in [-0.2, -0.15) is 9.97 Å². The molecule has 7 aromatic rings. The zero-order valence-electron chi connectivity index (χ0n) is 41.8. The number of hydrogen-bond donors (Lipinski definition) is 3. The summed E-state index contributed by atoms with van der Waals surface area (Å²) in [6.45, 7) is 10.5. The summed E-state index contributed by atoms with van der Waals surface area (Å²) in [5.41, 5.74) is 8.48. The van der Waals surface area contributed by atoms with E-state index in [2.05, 4.69) is 71.1 Å². The van der Waals surface area contributed by atoms with Crippen LogP contribution in [0.1, 0.15) is 44.3 Å². The summed E-state index contributed by atoms with van der Waals surface area (Å²) in [5.74, 6) is -0.573. The summed E-state index contributed by atoms with van der Waals surface area (Å²) in [6, 6.07) is 12.0. The van der Waals surface area contributed by atoms with Gasteiger partial charge in [0.15, 0.2) is 34.8 Å². The van der Waals surface area contributed by atoms with Crippen molar-refractivity contribution in [1.29, 1.82) is 0 Å². The molecule has 0 aliphatic carbocycles. The maximum absolute atomic E-state index is 13.2. The van der Waals surface area contributed by atoms with Crippen LogP contribution in [0.25, 0.3) is 22.3 Å². The number of carboxylic acids is 1. The van der Waals surface area contributed by atoms with E-state index in [1.54, 1.807) is 52.0 Å². The number of benzene rings is 2. The van der Waals surface area contributed by atoms with Gasteiger partial charge in [0.2, 0.25) is 16.8 Å². The van der Waals surface area contributed by atoms with E-state index in [4.69, 9.17) is 91.9 Å². The molecule has 22 nitrogen and oxygen atoms in total. The lowest BCUT2D eigenvalue weighted by atomic mass is 10.1. The normalized spacial score (nSPS) is 13.9. The molecule has 0 unspecified atom stereocenters. The number of nitrogen functional groups attached to an aromatic ring is 1. The second kappa shape index (κ2) is 27.9. The van der Waals surface area contributed by atoms with Gasteiger partial charge in [-0.05, 0) is 68.9 Å². The molecule has 0 atom stereocenters. The molecule has 78 heavy (non-hydrogen) atoms. The number of nitrogens with two attached hydrogens (primary N) is 1. The highest BCUT2D eigenvalue weighted by atomic mass is 35.5. The van der Waals surface area contributed by atoms with Crippen molar-refractivity contribution in [3.8, 4) is 57.3 Å². The number of carbonyl (C=O) groups is 2. The third-order valence-electron chi connectivity index (χ3n) is 9.77. The molecular weight excluding hydrogens is 1150 g/mol. The Morgan fingerprint density at radius 2 is 1.13 bits per heavy atom. The second-order valence-corrected chi connectivity index (χ2v) is 17.4. The Balaban J connectivity index is 0.000000193. The molecule has 10 rings (SSSR count). The standard InChI is InChI=1S/C18H12ClF2N3O4.C12H7ClF2N2O2.C6H7NO3.C5H6ClN3O2.C5H11NO.CH2Cl2/c1-8-16(26-9(2)23-8)17(25)24-15-4-3-10(7-22-15)11-5-13-14(6-12(11)19)28-18(20,21)27-13;13-8-4-10-9(18-12(14,15)19-10)3-7(8)6-1-2-11(16)17-5-6;1-3-5(6(8)9)10-4(2)7-3;1-10-4-7-3(6)8-5(9-4)11-2;1-6-2-4-7-5-3-6;2-1-3/h3-7H,1-2H3,(H,22,24,25);1-5H,(H2,16,17);1-2H3,(H,8,9);1-2H3;2-5H2,1H3;1H2. The van der Waals surface area contributed by atoms with E-state index >= 15 is 0 Å². The molecular formula is C47H45Cl5F4N10O12. The number of alkyl halides is 6. The van der Waals surface area contributed by atoms with Crippen LogP contribution in [0, 0.1) is 27.7 Å². The lowest BCUT2D eigenvalue weighted by Crippen LogP contribution is -2.32. The minimum absolute atomic E-state index is 0.0497. The quantitative estimate of drug-likeness (QED) is 0.0988. The largest absolute Gasteiger partial charge is 0.586 e. The predicted molar refractivity (Wildman–Crippen MR) is 276 cm³/mol. The van der Waals surface area contributed by atoms with Crippen LogP contribution in [-0.2, 0) is 4.74 Å². The first-order chi connectivity index (χ1) is 36.8. The number of aromatic carboxylic acids is 1. The van der Waals surface area contributed by atoms with Crippen LogP contribution in [0.2, 0.25) is 15.3 Å². The van der Waals surface area contributed by atoms with Gasteiger partial charge in [0, 0.05) is 73.7 Å². The van der Waals surface area contributed by atoms with E-state index in [0.717, 1.165) is 26.3 Å². The Kier molecular flexibility index (Phi) is 22.1. The molecule has 3 aliphatic heterocycles. The zero-order chi connectivity index (χ0) is 57.5. The number of morpholine rings is 1. The van der Waals surface area contributed by atoms with Crippen molar-refractivity contribution in [1.82, 2.24) is 39.8 Å². The van der Waals surface area contributed by atoms with Crippen LogP contribution < -0.4 is 39.5 Å². The summed E-state index contributed by atoms with van der Waals surface area (Å²) in [5, 5.41) is 11.7. The van der Waals surface area contributed by atoms with Crippen molar-refractivity contribution < 1.29 is 74.2 Å². The van der Waals surface area contributed by atoms with Crippen molar-refractivity contribution in [2.75, 3.05) is 64.0 Å². The molecule has 8 heterocycles. The highest BCUT2D eigenvalue weighted by molar-refractivity contribution is 6.40. The van der Waals surface area contributed by atoms with Crippen molar-refractivity contribution in [3.05, 3.63) is 111 Å². The number of aromatic nitrogens is 7. The number of carbonyl (C=O) groups excluding carboxylic acids is 1. The molecule has 0 radical (unpaired) electrons. The fourth-order valence-corrected chi connectivity index (χ4v) is 7.04. The smallest absolute Gasteiger partial charge is 0.475 e. The van der Waals surface area contributed by atoms with Crippen molar-refractivity contribution in [2.24, 2.45) is 0 Å². The Morgan fingerprint density at radius 3 is 1.47 bits per heavy atom. The lowest BCUT2D eigenvalue weighted by Gasteiger charge is -2.21. The molecule has 1 amide bonds. The second-order valence-electron chi connectivity index (χ2n) is 15.4. The molecule has 31 heteroatoms. The van der Waals surface area contributed by atoms with Crippen LogP contribution in [0.4, 0.5) is 29.2 Å². The zero-order valence-corrected chi connectivity index (χ0v) is 45.6. The first-order valence-corrected chi connectivity index (χ1v) is 24.2. The predicted octanol–water partition coefficient (Wildman–Crippen LogP) is 10.8. The third kappa shape index (κ3) is 17.9. The van der Waals surface area contributed by atoms with Gasteiger partial charge in [-0.3, -0.25) is 4.79 Å². The van der Waals surface area contributed by atoms with Gasteiger partial charge in [0.1, 0.15) is 11.6 Å². The van der Waals surface area contributed by atoms with E-state index < -0.39 is 24.5 Å². The van der Waals surface area contributed by atoms with E-state index in [9.17, 15) is 27.2 Å². The highest BCUT2D eigenvalue weighted by Gasteiger charge is 2.45. The topological polar surface area (TPSA) is 277 Å². The molecule has 5 aromatic heterocycles. The molecule has 0 spiro atoms. The van der Waals surface area contributed by atoms with Crippen LogP contribution in [0.3, 0.4) is 0 Å². The number of nitrogens with zero attached hydrogens (tertiary/aromatic N) is 8. The number of nitrogens with one attached hydrogen (secondary N) is 1. The molecule has 1 fully saturated rings. The molecule has 0 saturated carbocycles. The number of anilines is 2. The van der Waals surface area contributed by atoms with Crippen LogP contribution in [-0.4, -0.2) is 122 Å². The summed E-state index contributed by atoms with van der Waals surface area (Å²) in [6.07, 6.45) is -4.45. The van der Waals surface area contributed by atoms with E-state index in [1.165, 1.54) is 50.9 Å². The van der Waals surface area contributed by atoms with Gasteiger partial charge < -0.3 is 63.0 Å². The van der Waals surface area contributed by atoms with Gasteiger partial charge in [0.25, 0.3) is 5.91 Å². The van der Waals surface area contributed by atoms with Gasteiger partial charge >= 0.3 is 30.6 Å². The summed E-state index contributed by atoms with van der Waals surface area (Å²) < 4.78 is 94.3. The van der Waals surface area contributed by atoms with Crippen molar-refractivity contribution >= 4 is 81.5 Å². The number of methoxy groups -OCH3 is 2. The van der Waals surface area contributed by atoms with Crippen molar-refractivity contribution in [3.63, 3.8) is 0 Å². The number of halogens is 9. The summed E-state index contributed by atoms with van der Waals surface area (Å²) in [4.78, 5) is 51.7. The average Bonchev–Trinajstić information content (AvgIpc) is 4.12. The van der Waals surface area contributed by atoms with Gasteiger partial charge in [0.05, 0.1) is 54.2 Å². The number of carboxylic acid groups (broad SMARTS) is 1. The van der Waals surface area contributed by atoms with Crippen LogP contribution >= 0.6 is 58.0 Å². The molecule has 3 aliphatic rings. The first kappa shape index (κ1) is 61.7.